The molecule has 320 valence electrons. The lowest BCUT2D eigenvalue weighted by Crippen LogP contribution is -2.36. The minimum atomic E-state index is -0.829. The summed E-state index contributed by atoms with van der Waals surface area (Å²) in [5.74, 6) is 1.06. The van der Waals surface area contributed by atoms with Gasteiger partial charge in [-0.05, 0) is 130 Å². The van der Waals surface area contributed by atoms with Crippen LogP contribution in [0.3, 0.4) is 0 Å². The number of carbonyl (C=O) groups is 2. The summed E-state index contributed by atoms with van der Waals surface area (Å²) in [7, 11) is 0. The second-order valence-electron chi connectivity index (χ2n) is 15.7. The quantitative estimate of drug-likeness (QED) is 0.0394. The molecule has 3 saturated carbocycles. The van der Waals surface area contributed by atoms with Gasteiger partial charge in [0.15, 0.2) is 0 Å². The number of fused-ring (bicyclic) bond motifs is 1. The Morgan fingerprint density at radius 2 is 1.70 bits per heavy atom. The van der Waals surface area contributed by atoms with Crippen LogP contribution in [0.15, 0.2) is 70.3 Å². The van der Waals surface area contributed by atoms with E-state index in [1.807, 2.05) is 20.8 Å². The molecule has 0 aromatic carbocycles. The van der Waals surface area contributed by atoms with Gasteiger partial charge in [-0.1, -0.05) is 86.7 Å². The molecule has 5 atom stereocenters. The van der Waals surface area contributed by atoms with Crippen LogP contribution in [0, 0.1) is 43.4 Å². The van der Waals surface area contributed by atoms with Crippen molar-refractivity contribution in [3.8, 4) is 0 Å². The first kappa shape index (κ1) is 49.6. The number of aliphatic hydroxyl groups excluding tert-OH is 1. The number of carbonyl (C=O) groups excluding carboxylic acids is 1. The Balaban J connectivity index is 0.00000148. The average Bonchev–Trinajstić information content (AvgIpc) is 3.39. The summed E-state index contributed by atoms with van der Waals surface area (Å²) >= 11 is 2.71. The fraction of sp³-hybridized carbons (Fsp3) is 0.682. The first-order valence-electron chi connectivity index (χ1n) is 21.1. The Labute approximate surface area is 348 Å². The molecule has 12 nitrogen and oxygen atoms in total. The number of hydrogen-bond donors (Lipinski definition) is 3. The molecule has 0 amide bonds. The molecule has 4 unspecified atom stereocenters. The Morgan fingerprint density at radius 3 is 2.35 bits per heavy atom. The monoisotopic (exact) mass is 861 g/mol. The number of aliphatic hydroxyl groups is 1. The third-order valence-corrected chi connectivity index (χ3v) is 12.2. The van der Waals surface area contributed by atoms with Crippen LogP contribution < -0.4 is 5.32 Å². The molecular weight excluding hydrogens is 794 g/mol. The van der Waals surface area contributed by atoms with Gasteiger partial charge < -0.3 is 20.3 Å². The predicted octanol–water partition coefficient (Wildman–Crippen LogP) is 10.5. The maximum absolute atomic E-state index is 12.5. The lowest BCUT2D eigenvalue weighted by molar-refractivity contribution is -0.435. The second kappa shape index (κ2) is 26.4. The molecule has 3 N–H and O–H groups in total. The van der Waals surface area contributed by atoms with E-state index in [1.54, 1.807) is 11.6 Å². The summed E-state index contributed by atoms with van der Waals surface area (Å²) in [5, 5.41) is 43.0. The zero-order chi connectivity index (χ0) is 42.4. The molecule has 4 aliphatic carbocycles. The molecule has 0 bridgehead atoms. The summed E-state index contributed by atoms with van der Waals surface area (Å²) in [6.45, 7) is 11.6. The third-order valence-electron chi connectivity index (χ3n) is 11.7. The van der Waals surface area contributed by atoms with E-state index < -0.39 is 15.8 Å². The minimum absolute atomic E-state index is 0.0252. The van der Waals surface area contributed by atoms with Crippen LogP contribution >= 0.6 is 15.9 Å². The molecule has 0 aliphatic heterocycles. The van der Waals surface area contributed by atoms with E-state index in [0.717, 1.165) is 50.5 Å². The highest BCUT2D eigenvalue weighted by molar-refractivity contribution is 9.09. The number of nitrogens with one attached hydrogen (secondary N) is 1. The number of ether oxygens (including phenoxy) is 1. The van der Waals surface area contributed by atoms with Crippen molar-refractivity contribution in [3.63, 3.8) is 0 Å². The van der Waals surface area contributed by atoms with Gasteiger partial charge in [-0.3, -0.25) is 29.8 Å². The van der Waals surface area contributed by atoms with Gasteiger partial charge in [0.2, 0.25) is 0 Å². The molecule has 13 heteroatoms. The highest BCUT2D eigenvalue weighted by Crippen LogP contribution is 2.60. The molecule has 0 aromatic heterocycles. The van der Waals surface area contributed by atoms with Crippen LogP contribution in [0.2, 0.25) is 0 Å². The summed E-state index contributed by atoms with van der Waals surface area (Å²) < 4.78 is 5.58. The van der Waals surface area contributed by atoms with Crippen molar-refractivity contribution >= 4 is 27.9 Å². The Morgan fingerprint density at radius 1 is 1.00 bits per heavy atom. The first-order chi connectivity index (χ1) is 27.3. The summed E-state index contributed by atoms with van der Waals surface area (Å²) in [6.07, 6.45) is 27.2. The largest absolute Gasteiger partial charge is 0.481 e. The van der Waals surface area contributed by atoms with Crippen LogP contribution in [0.25, 0.3) is 0 Å². The number of esters is 1. The highest BCUT2D eigenvalue weighted by Gasteiger charge is 2.50. The van der Waals surface area contributed by atoms with E-state index in [-0.39, 0.29) is 47.5 Å². The van der Waals surface area contributed by atoms with Gasteiger partial charge in [0, 0.05) is 13.0 Å². The van der Waals surface area contributed by atoms with Crippen molar-refractivity contribution in [1.82, 2.24) is 5.32 Å². The van der Waals surface area contributed by atoms with Crippen molar-refractivity contribution in [1.29, 1.82) is 0 Å². The number of carboxylic acids is 1. The number of alkyl halides is 1. The Kier molecular flexibility index (Phi) is 23.0. The van der Waals surface area contributed by atoms with E-state index in [2.05, 4.69) is 53.3 Å². The number of allylic oxidation sites excluding steroid dienone is 8. The van der Waals surface area contributed by atoms with Crippen molar-refractivity contribution < 1.29 is 34.4 Å². The van der Waals surface area contributed by atoms with Gasteiger partial charge in [-0.25, -0.2) is 0 Å². The van der Waals surface area contributed by atoms with Crippen molar-refractivity contribution in [2.24, 2.45) is 23.2 Å². The van der Waals surface area contributed by atoms with Crippen molar-refractivity contribution in [3.05, 3.63) is 90.5 Å². The topological polar surface area (TPSA) is 182 Å². The molecule has 4 rings (SSSR count). The van der Waals surface area contributed by atoms with Crippen molar-refractivity contribution in [2.75, 3.05) is 18.5 Å². The van der Waals surface area contributed by atoms with E-state index in [4.69, 9.17) is 9.84 Å². The molecule has 4 aliphatic rings. The Bertz CT molecular complexity index is 1530. The summed E-state index contributed by atoms with van der Waals surface area (Å²) in [5.41, 5.74) is 4.39. The van der Waals surface area contributed by atoms with Gasteiger partial charge in [0.25, 0.3) is 11.4 Å². The lowest BCUT2D eigenvalue weighted by Gasteiger charge is -2.44. The van der Waals surface area contributed by atoms with Gasteiger partial charge in [0.1, 0.15) is 17.6 Å². The van der Waals surface area contributed by atoms with Crippen LogP contribution in [-0.4, -0.2) is 56.6 Å². The molecule has 0 saturated heterocycles. The number of nitrogens with zero attached hydrogens (tertiary/aromatic N) is 2. The number of unbranched alkanes of at least 4 members (excludes halogenated alkanes) is 2. The van der Waals surface area contributed by atoms with Crippen LogP contribution in [0.5, 0.6) is 0 Å². The van der Waals surface area contributed by atoms with Crippen LogP contribution in [0.1, 0.15) is 144 Å². The fourth-order valence-electron chi connectivity index (χ4n) is 8.94. The number of rotatable bonds is 18. The van der Waals surface area contributed by atoms with E-state index in [0.29, 0.717) is 43.1 Å². The molecule has 0 heterocycles. The van der Waals surface area contributed by atoms with Crippen molar-refractivity contribution in [2.45, 2.75) is 150 Å². The smallest absolute Gasteiger partial charge is 0.314 e. The number of nitro groups is 2. The minimum Gasteiger partial charge on any atom is -0.481 e. The van der Waals surface area contributed by atoms with Gasteiger partial charge in [0.05, 0.1) is 28.4 Å². The highest BCUT2D eigenvalue weighted by atomic mass is 79.9. The second-order valence-corrected chi connectivity index (χ2v) is 16.3. The van der Waals surface area contributed by atoms with E-state index in [9.17, 15) is 34.9 Å². The molecule has 0 spiro atoms. The molecular formula is C44H68BrN3O9. The van der Waals surface area contributed by atoms with E-state index >= 15 is 0 Å². The van der Waals surface area contributed by atoms with Gasteiger partial charge in [-0.15, -0.1) is 0 Å². The average molecular weight is 863 g/mol. The third kappa shape index (κ3) is 16.7. The number of hydrogen-bond acceptors (Lipinski definition) is 9. The van der Waals surface area contributed by atoms with Crippen LogP contribution in [0.4, 0.5) is 0 Å². The molecule has 3 fully saturated rings. The Hall–Kier alpha value is -3.58. The normalized spacial score (nSPS) is 24.9. The van der Waals surface area contributed by atoms with Crippen LogP contribution in [-0.2, 0) is 14.3 Å². The molecule has 0 aromatic rings. The zero-order valence-corrected chi connectivity index (χ0v) is 36.5. The summed E-state index contributed by atoms with van der Waals surface area (Å²) in [6, 6.07) is 0. The zero-order valence-electron chi connectivity index (χ0n) is 34.9. The number of aliphatic carboxylic acids is 1. The number of carboxylic acid groups (broad SMARTS) is 1. The molecule has 57 heavy (non-hydrogen) atoms. The maximum atomic E-state index is 12.5. The lowest BCUT2D eigenvalue weighted by atomic mass is 9.60. The maximum Gasteiger partial charge on any atom is 0.314 e. The number of halogens is 1. The predicted molar refractivity (Wildman–Crippen MR) is 229 cm³/mol. The fourth-order valence-corrected chi connectivity index (χ4v) is 8.94. The standard InChI is InChI=1S/C40H59N3O7.C2H3BrO2.C2H6/c1-29(12-9-13-30(2)44)35-22-23-36-33(16-11-25-40(35,36)3)21-20-31-14-6-7-15-32(31)24-27-50-39(45)19-5-4-8-26-41-37-18-10-17-34(42(46)47)28-38(37)43(48)49;3-1-2(4)5;1-2/h10,18,20-21,24,28-30,35-36,41,44H,4-9,11-17,19,22-23,25-27H2,1-3H3;1H2,(H,4,5);1-2H3/b31-20-,32-24+,33-21+;;/t29-,30?,35?,36?,40?;;/m1../s1. The summed E-state index contributed by atoms with van der Waals surface area (Å²) in [4.78, 5) is 43.1. The van der Waals surface area contributed by atoms with Gasteiger partial charge >= 0.3 is 11.9 Å². The molecule has 0 radical (unpaired) electrons. The van der Waals surface area contributed by atoms with E-state index in [1.165, 1.54) is 62.2 Å². The first-order valence-corrected chi connectivity index (χ1v) is 22.2. The van der Waals surface area contributed by atoms with Gasteiger partial charge in [-0.2, -0.15) is 0 Å². The SMILES string of the molecule is CC.CC(O)CCC[C@@H](C)C1CCC2/C(=C/C=C3/CCCC/C3=C\COC(=O)CCCCCNC3=C([N+](=O)[O-])C=C([N+](=O)[O-])CC=C3)CCCC21C.O=C(O)CBr.